The molecule has 0 aliphatic carbocycles. The minimum absolute atomic E-state index is 0.314. The van der Waals surface area contributed by atoms with Gasteiger partial charge in [0.25, 0.3) is 5.91 Å². The zero-order chi connectivity index (χ0) is 13.1. The number of hydrogen-bond acceptors (Lipinski definition) is 5. The third-order valence-corrected chi connectivity index (χ3v) is 3.20. The number of amides is 1. The van der Waals surface area contributed by atoms with Crippen LogP contribution in [0.3, 0.4) is 0 Å². The second kappa shape index (κ2) is 4.85. The number of nitriles is 1. The van der Waals surface area contributed by atoms with E-state index in [4.69, 9.17) is 11.0 Å². The summed E-state index contributed by atoms with van der Waals surface area (Å²) < 4.78 is 0. The molecule has 3 N–H and O–H groups in total. The van der Waals surface area contributed by atoms with Crippen LogP contribution in [0.15, 0.2) is 23.7 Å². The van der Waals surface area contributed by atoms with Gasteiger partial charge in [-0.05, 0) is 24.4 Å². The molecule has 0 radical (unpaired) electrons. The van der Waals surface area contributed by atoms with Gasteiger partial charge in [-0.15, -0.1) is 11.3 Å². The molecule has 6 heteroatoms. The Morgan fingerprint density at radius 3 is 3.11 bits per heavy atom. The fourth-order valence-electron chi connectivity index (χ4n) is 1.44. The second-order valence-electron chi connectivity index (χ2n) is 3.63. The monoisotopic (exact) mass is 258 g/mol. The Bertz CT molecular complexity index is 642. The molecule has 2 heterocycles. The van der Waals surface area contributed by atoms with E-state index in [1.165, 1.54) is 17.5 Å². The molecule has 0 saturated heterocycles. The maximum atomic E-state index is 12.0. The van der Waals surface area contributed by atoms with Crippen molar-refractivity contribution in [3.63, 3.8) is 0 Å². The number of pyridine rings is 1. The minimum atomic E-state index is -0.314. The Balaban J connectivity index is 2.28. The zero-order valence-electron chi connectivity index (χ0n) is 9.60. The molecule has 1 amide bonds. The number of carbonyl (C=O) groups excluding carboxylic acids is 1. The predicted octanol–water partition coefficient (Wildman–Crippen LogP) is 2.16. The van der Waals surface area contributed by atoms with Crippen LogP contribution in [0.5, 0.6) is 0 Å². The molecule has 5 nitrogen and oxygen atoms in total. The van der Waals surface area contributed by atoms with Gasteiger partial charge in [0, 0.05) is 0 Å². The normalized spacial score (nSPS) is 9.78. The standard InChI is InChI=1S/C12H10N4OS/c1-7-10(4-9(14)6-15-7)11(17)16-12-8(5-13)2-3-18-12/h2-4,6H,14H2,1H3,(H,16,17). The third kappa shape index (κ3) is 2.31. The molecule has 0 aliphatic rings. The molecule has 90 valence electrons. The fourth-order valence-corrected chi connectivity index (χ4v) is 2.18. The first-order valence-electron chi connectivity index (χ1n) is 5.13. The van der Waals surface area contributed by atoms with Crippen LogP contribution in [0.4, 0.5) is 10.7 Å². The number of nitrogen functional groups attached to an aromatic ring is 1. The van der Waals surface area contributed by atoms with Gasteiger partial charge in [0.1, 0.15) is 11.1 Å². The van der Waals surface area contributed by atoms with Gasteiger partial charge in [0.15, 0.2) is 0 Å². The minimum Gasteiger partial charge on any atom is -0.397 e. The summed E-state index contributed by atoms with van der Waals surface area (Å²) in [4.78, 5) is 16.1. The van der Waals surface area contributed by atoms with Crippen molar-refractivity contribution in [3.05, 3.63) is 40.5 Å². The lowest BCUT2D eigenvalue weighted by molar-refractivity contribution is 0.102. The van der Waals surface area contributed by atoms with E-state index < -0.39 is 0 Å². The molecule has 0 atom stereocenters. The van der Waals surface area contributed by atoms with Gasteiger partial charge < -0.3 is 11.1 Å². The highest BCUT2D eigenvalue weighted by molar-refractivity contribution is 7.14. The number of rotatable bonds is 2. The Morgan fingerprint density at radius 1 is 1.61 bits per heavy atom. The Hall–Kier alpha value is -2.39. The largest absolute Gasteiger partial charge is 0.397 e. The zero-order valence-corrected chi connectivity index (χ0v) is 10.4. The lowest BCUT2D eigenvalue weighted by atomic mass is 10.2. The molecule has 2 aromatic rings. The van der Waals surface area contributed by atoms with E-state index in [1.807, 2.05) is 6.07 Å². The van der Waals surface area contributed by atoms with Gasteiger partial charge in [0.05, 0.1) is 28.7 Å². The average Bonchev–Trinajstić information content (AvgIpc) is 2.79. The number of thiophene rings is 1. The summed E-state index contributed by atoms with van der Waals surface area (Å²) in [5.74, 6) is -0.314. The number of nitrogens with zero attached hydrogens (tertiary/aromatic N) is 2. The van der Waals surface area contributed by atoms with E-state index in [-0.39, 0.29) is 5.91 Å². The molecule has 18 heavy (non-hydrogen) atoms. The van der Waals surface area contributed by atoms with Crippen molar-refractivity contribution < 1.29 is 4.79 Å². The lowest BCUT2D eigenvalue weighted by Gasteiger charge is -2.06. The quantitative estimate of drug-likeness (QED) is 0.863. The summed E-state index contributed by atoms with van der Waals surface area (Å²) >= 11 is 1.30. The smallest absolute Gasteiger partial charge is 0.258 e. The van der Waals surface area contributed by atoms with Gasteiger partial charge in [-0.25, -0.2) is 0 Å². The third-order valence-electron chi connectivity index (χ3n) is 2.37. The van der Waals surface area contributed by atoms with Crippen molar-refractivity contribution in [2.45, 2.75) is 6.92 Å². The maximum absolute atomic E-state index is 12.0. The highest BCUT2D eigenvalue weighted by Crippen LogP contribution is 2.23. The molecule has 0 unspecified atom stereocenters. The summed E-state index contributed by atoms with van der Waals surface area (Å²) in [7, 11) is 0. The number of aromatic nitrogens is 1. The lowest BCUT2D eigenvalue weighted by Crippen LogP contribution is -2.14. The molecule has 2 aromatic heterocycles. The molecular weight excluding hydrogens is 248 g/mol. The summed E-state index contributed by atoms with van der Waals surface area (Å²) in [5.41, 5.74) is 7.48. The molecule has 0 bridgehead atoms. The SMILES string of the molecule is Cc1ncc(N)cc1C(=O)Nc1sccc1C#N. The summed E-state index contributed by atoms with van der Waals surface area (Å²) in [6.07, 6.45) is 1.50. The van der Waals surface area contributed by atoms with E-state index in [9.17, 15) is 4.79 Å². The van der Waals surface area contributed by atoms with E-state index in [2.05, 4.69) is 10.3 Å². The van der Waals surface area contributed by atoms with E-state index >= 15 is 0 Å². The molecule has 0 aromatic carbocycles. The number of aryl methyl sites for hydroxylation is 1. The Morgan fingerprint density at radius 2 is 2.39 bits per heavy atom. The number of anilines is 2. The van der Waals surface area contributed by atoms with Crippen LogP contribution in [0, 0.1) is 18.3 Å². The number of hydrogen-bond donors (Lipinski definition) is 2. The molecule has 0 aliphatic heterocycles. The molecule has 0 saturated carbocycles. The summed E-state index contributed by atoms with van der Waals surface area (Å²) in [5, 5.41) is 13.8. The van der Waals surface area contributed by atoms with Gasteiger partial charge in [-0.2, -0.15) is 5.26 Å². The number of carbonyl (C=O) groups is 1. The molecular formula is C12H10N4OS. The summed E-state index contributed by atoms with van der Waals surface area (Å²) in [6, 6.07) is 5.24. The predicted molar refractivity (Wildman–Crippen MR) is 70.4 cm³/mol. The highest BCUT2D eigenvalue weighted by atomic mass is 32.1. The van der Waals surface area contributed by atoms with Crippen LogP contribution < -0.4 is 11.1 Å². The van der Waals surface area contributed by atoms with Crippen LogP contribution in [0.25, 0.3) is 0 Å². The first-order chi connectivity index (χ1) is 8.61. The molecule has 2 rings (SSSR count). The number of nitrogens with one attached hydrogen (secondary N) is 1. The first-order valence-corrected chi connectivity index (χ1v) is 6.01. The summed E-state index contributed by atoms with van der Waals surface area (Å²) in [6.45, 7) is 1.73. The van der Waals surface area contributed by atoms with Crippen molar-refractivity contribution >= 4 is 27.9 Å². The van der Waals surface area contributed by atoms with Gasteiger partial charge >= 0.3 is 0 Å². The number of nitrogens with two attached hydrogens (primary N) is 1. The molecule has 0 fully saturated rings. The Kier molecular flexibility index (Phi) is 3.26. The van der Waals surface area contributed by atoms with Crippen molar-refractivity contribution in [2.75, 3.05) is 11.1 Å². The average molecular weight is 258 g/mol. The van der Waals surface area contributed by atoms with E-state index in [0.29, 0.717) is 27.5 Å². The molecule has 0 spiro atoms. The topological polar surface area (TPSA) is 91.8 Å². The van der Waals surface area contributed by atoms with Crippen LogP contribution in [-0.2, 0) is 0 Å². The highest BCUT2D eigenvalue weighted by Gasteiger charge is 2.13. The van der Waals surface area contributed by atoms with Crippen LogP contribution in [0.2, 0.25) is 0 Å². The maximum Gasteiger partial charge on any atom is 0.258 e. The van der Waals surface area contributed by atoms with Gasteiger partial charge in [-0.1, -0.05) is 0 Å². The first kappa shape index (κ1) is 12.1. The van der Waals surface area contributed by atoms with Crippen LogP contribution in [-0.4, -0.2) is 10.9 Å². The van der Waals surface area contributed by atoms with Crippen molar-refractivity contribution in [1.82, 2.24) is 4.98 Å². The Labute approximate surface area is 108 Å². The van der Waals surface area contributed by atoms with Gasteiger partial charge in [0.2, 0.25) is 0 Å². The van der Waals surface area contributed by atoms with E-state index in [1.54, 1.807) is 24.4 Å². The van der Waals surface area contributed by atoms with Crippen molar-refractivity contribution in [3.8, 4) is 6.07 Å². The van der Waals surface area contributed by atoms with Crippen LogP contribution in [0.1, 0.15) is 21.6 Å². The van der Waals surface area contributed by atoms with Crippen molar-refractivity contribution in [2.24, 2.45) is 0 Å². The van der Waals surface area contributed by atoms with E-state index in [0.717, 1.165) is 0 Å². The van der Waals surface area contributed by atoms with Crippen molar-refractivity contribution in [1.29, 1.82) is 5.26 Å². The fraction of sp³-hybridized carbons (Fsp3) is 0.0833. The van der Waals surface area contributed by atoms with Gasteiger partial charge in [-0.3, -0.25) is 9.78 Å². The second-order valence-corrected chi connectivity index (χ2v) is 4.55. The van der Waals surface area contributed by atoms with Crippen LogP contribution >= 0.6 is 11.3 Å².